The van der Waals surface area contributed by atoms with Crippen LogP contribution in [0.3, 0.4) is 0 Å². The Kier molecular flexibility index (Phi) is 4.78. The van der Waals surface area contributed by atoms with Crippen molar-refractivity contribution in [1.82, 2.24) is 14.3 Å². The van der Waals surface area contributed by atoms with Gasteiger partial charge in [-0.2, -0.15) is 12.7 Å². The van der Waals surface area contributed by atoms with Gasteiger partial charge in [0.15, 0.2) is 0 Å². The molecular weight excluding hydrogens is 238 g/mol. The predicted octanol–water partition coefficient (Wildman–Crippen LogP) is 0.449. The monoisotopic (exact) mass is 261 g/mol. The molecule has 0 radical (unpaired) electrons. The summed E-state index contributed by atoms with van der Waals surface area (Å²) < 4.78 is 28.0. The van der Waals surface area contributed by atoms with Crippen LogP contribution in [-0.2, 0) is 10.2 Å². The van der Waals surface area contributed by atoms with Crippen LogP contribution in [-0.4, -0.2) is 44.9 Å². The Bertz CT molecular complexity index is 320. The number of piperidine rings is 1. The Labute approximate surface area is 104 Å². The van der Waals surface area contributed by atoms with Gasteiger partial charge in [-0.15, -0.1) is 0 Å². The van der Waals surface area contributed by atoms with E-state index in [1.807, 2.05) is 0 Å². The average Bonchev–Trinajstić information content (AvgIpc) is 2.84. The predicted molar refractivity (Wildman–Crippen MR) is 68.0 cm³/mol. The Morgan fingerprint density at radius 1 is 1.18 bits per heavy atom. The molecule has 2 aliphatic heterocycles. The van der Waals surface area contributed by atoms with Gasteiger partial charge in [0, 0.05) is 25.7 Å². The van der Waals surface area contributed by atoms with E-state index in [1.54, 1.807) is 4.31 Å². The topological polar surface area (TPSA) is 61.4 Å². The van der Waals surface area contributed by atoms with Gasteiger partial charge < -0.3 is 5.32 Å². The van der Waals surface area contributed by atoms with Crippen molar-refractivity contribution in [1.29, 1.82) is 0 Å². The molecule has 0 aromatic carbocycles. The summed E-state index contributed by atoms with van der Waals surface area (Å²) in [5.41, 5.74) is 0. The van der Waals surface area contributed by atoms with Crippen LogP contribution in [0.5, 0.6) is 0 Å². The van der Waals surface area contributed by atoms with Gasteiger partial charge in [0.05, 0.1) is 0 Å². The Hall–Kier alpha value is -0.170. The number of nitrogens with one attached hydrogen (secondary N) is 2. The third-order valence-corrected chi connectivity index (χ3v) is 5.21. The van der Waals surface area contributed by atoms with Gasteiger partial charge >= 0.3 is 0 Å². The van der Waals surface area contributed by atoms with E-state index in [0.29, 0.717) is 25.7 Å². The van der Waals surface area contributed by atoms with Gasteiger partial charge in [-0.3, -0.25) is 0 Å². The molecule has 0 amide bonds. The minimum Gasteiger partial charge on any atom is -0.314 e. The van der Waals surface area contributed by atoms with Gasteiger partial charge in [-0.1, -0.05) is 6.42 Å². The number of hydrogen-bond donors (Lipinski definition) is 2. The number of rotatable bonds is 5. The third kappa shape index (κ3) is 3.91. The highest BCUT2D eigenvalue weighted by Gasteiger charge is 2.24. The molecule has 2 saturated heterocycles. The highest BCUT2D eigenvalue weighted by atomic mass is 32.2. The van der Waals surface area contributed by atoms with Crippen molar-refractivity contribution >= 4 is 10.2 Å². The molecule has 5 nitrogen and oxygen atoms in total. The van der Waals surface area contributed by atoms with E-state index in [1.165, 1.54) is 19.3 Å². The standard InChI is InChI=1S/C11H23N3O2S/c15-17(16,14-9-3-4-10-14)13-8-6-11-5-1-2-7-12-11/h11-13H,1-10H2. The van der Waals surface area contributed by atoms with Gasteiger partial charge in [0.1, 0.15) is 0 Å². The smallest absolute Gasteiger partial charge is 0.279 e. The van der Waals surface area contributed by atoms with Crippen LogP contribution >= 0.6 is 0 Å². The normalized spacial score (nSPS) is 27.4. The van der Waals surface area contributed by atoms with E-state index in [4.69, 9.17) is 0 Å². The van der Waals surface area contributed by atoms with Crippen LogP contribution in [0.2, 0.25) is 0 Å². The molecule has 0 spiro atoms. The molecular formula is C11H23N3O2S. The first-order valence-corrected chi connectivity index (χ1v) is 8.10. The summed E-state index contributed by atoms with van der Waals surface area (Å²) in [6.45, 7) is 2.98. The highest BCUT2D eigenvalue weighted by molar-refractivity contribution is 7.87. The summed E-state index contributed by atoms with van der Waals surface area (Å²) in [6, 6.07) is 0.491. The maximum absolute atomic E-state index is 11.9. The zero-order chi connectivity index (χ0) is 12.1. The van der Waals surface area contributed by atoms with Crippen LogP contribution in [0.4, 0.5) is 0 Å². The molecule has 0 bridgehead atoms. The van der Waals surface area contributed by atoms with Crippen molar-refractivity contribution < 1.29 is 8.42 Å². The van der Waals surface area contributed by atoms with Crippen LogP contribution < -0.4 is 10.0 Å². The van der Waals surface area contributed by atoms with E-state index in [9.17, 15) is 8.42 Å². The number of hydrogen-bond acceptors (Lipinski definition) is 3. The molecule has 0 aliphatic carbocycles. The Morgan fingerprint density at radius 2 is 1.94 bits per heavy atom. The lowest BCUT2D eigenvalue weighted by molar-refractivity contribution is 0.380. The molecule has 17 heavy (non-hydrogen) atoms. The fourth-order valence-corrected chi connectivity index (χ4v) is 3.85. The fourth-order valence-electron chi connectivity index (χ4n) is 2.55. The molecule has 6 heteroatoms. The first-order chi connectivity index (χ1) is 8.18. The average molecular weight is 261 g/mol. The van der Waals surface area contributed by atoms with Crippen molar-refractivity contribution in [2.24, 2.45) is 0 Å². The van der Waals surface area contributed by atoms with Crippen molar-refractivity contribution in [3.63, 3.8) is 0 Å². The van der Waals surface area contributed by atoms with Gasteiger partial charge in [-0.05, 0) is 38.6 Å². The second-order valence-corrected chi connectivity index (χ2v) is 6.70. The lowest BCUT2D eigenvalue weighted by Crippen LogP contribution is -2.42. The molecule has 0 saturated carbocycles. The summed E-state index contributed by atoms with van der Waals surface area (Å²) in [5, 5.41) is 3.43. The fraction of sp³-hybridized carbons (Fsp3) is 1.00. The first kappa shape index (κ1) is 13.3. The molecule has 2 aliphatic rings. The second-order valence-electron chi connectivity index (χ2n) is 4.94. The summed E-state index contributed by atoms with van der Waals surface area (Å²) in [4.78, 5) is 0. The Morgan fingerprint density at radius 3 is 2.59 bits per heavy atom. The molecule has 2 fully saturated rings. The van der Waals surface area contributed by atoms with Crippen molar-refractivity contribution in [2.75, 3.05) is 26.2 Å². The highest BCUT2D eigenvalue weighted by Crippen LogP contribution is 2.12. The SMILES string of the molecule is O=S(=O)(NCCC1CCCCN1)N1CCCC1. The third-order valence-electron chi connectivity index (χ3n) is 3.59. The quantitative estimate of drug-likeness (QED) is 0.755. The zero-order valence-corrected chi connectivity index (χ0v) is 11.1. The lowest BCUT2D eigenvalue weighted by atomic mass is 10.0. The largest absolute Gasteiger partial charge is 0.314 e. The molecule has 0 aromatic rings. The summed E-state index contributed by atoms with van der Waals surface area (Å²) in [6.07, 6.45) is 6.56. The van der Waals surface area contributed by atoms with Crippen LogP contribution in [0.25, 0.3) is 0 Å². The van der Waals surface area contributed by atoms with Crippen LogP contribution in [0.15, 0.2) is 0 Å². The van der Waals surface area contributed by atoms with Crippen LogP contribution in [0.1, 0.15) is 38.5 Å². The Balaban J connectivity index is 1.69. The van der Waals surface area contributed by atoms with Gasteiger partial charge in [0.25, 0.3) is 10.2 Å². The minimum atomic E-state index is -3.21. The molecule has 1 unspecified atom stereocenters. The van der Waals surface area contributed by atoms with Gasteiger partial charge in [-0.25, -0.2) is 4.72 Å². The van der Waals surface area contributed by atoms with Crippen molar-refractivity contribution in [2.45, 2.75) is 44.6 Å². The molecule has 100 valence electrons. The molecule has 2 heterocycles. The molecule has 2 rings (SSSR count). The van der Waals surface area contributed by atoms with Gasteiger partial charge in [0.2, 0.25) is 0 Å². The van der Waals surface area contributed by atoms with E-state index in [2.05, 4.69) is 10.0 Å². The molecule has 0 aromatic heterocycles. The summed E-state index contributed by atoms with van der Waals surface area (Å²) in [5.74, 6) is 0. The maximum Gasteiger partial charge on any atom is 0.279 e. The van der Waals surface area contributed by atoms with E-state index in [0.717, 1.165) is 25.8 Å². The zero-order valence-electron chi connectivity index (χ0n) is 10.3. The van der Waals surface area contributed by atoms with Crippen molar-refractivity contribution in [3.8, 4) is 0 Å². The lowest BCUT2D eigenvalue weighted by Gasteiger charge is -2.24. The van der Waals surface area contributed by atoms with E-state index >= 15 is 0 Å². The summed E-state index contributed by atoms with van der Waals surface area (Å²) in [7, 11) is -3.21. The van der Waals surface area contributed by atoms with E-state index in [-0.39, 0.29) is 0 Å². The number of nitrogens with zero attached hydrogens (tertiary/aromatic N) is 1. The first-order valence-electron chi connectivity index (χ1n) is 6.66. The second kappa shape index (κ2) is 6.13. The van der Waals surface area contributed by atoms with Crippen LogP contribution in [0, 0.1) is 0 Å². The van der Waals surface area contributed by atoms with Crippen molar-refractivity contribution in [3.05, 3.63) is 0 Å². The molecule has 2 N–H and O–H groups in total. The maximum atomic E-state index is 11.9. The minimum absolute atomic E-state index is 0.491. The molecule has 1 atom stereocenters. The summed E-state index contributed by atoms with van der Waals surface area (Å²) >= 11 is 0. The van der Waals surface area contributed by atoms with E-state index < -0.39 is 10.2 Å².